The van der Waals surface area contributed by atoms with Crippen LogP contribution >= 0.6 is 27.5 Å². The molecule has 0 aliphatic heterocycles. The lowest BCUT2D eigenvalue weighted by Gasteiger charge is -2.10. The first kappa shape index (κ1) is 26.2. The van der Waals surface area contributed by atoms with E-state index in [0.717, 1.165) is 20.9 Å². The highest BCUT2D eigenvalue weighted by Gasteiger charge is 2.21. The van der Waals surface area contributed by atoms with Gasteiger partial charge in [0, 0.05) is 31.5 Å². The number of carbonyl (C=O) groups excluding carboxylic acids is 2. The van der Waals surface area contributed by atoms with Crippen molar-refractivity contribution in [2.75, 3.05) is 7.11 Å². The Kier molecular flexibility index (Phi) is 7.76. The molecule has 0 aliphatic rings. The number of fused-ring (bicyclic) bond motifs is 1. The van der Waals surface area contributed by atoms with Crippen molar-refractivity contribution < 1.29 is 19.1 Å². The monoisotopic (exact) mass is 601 g/mol. The number of nitrogens with zero attached hydrogens (tertiary/aromatic N) is 1. The molecule has 0 radical (unpaired) electrons. The number of hydrogen-bond donors (Lipinski definition) is 2. The van der Waals surface area contributed by atoms with E-state index in [4.69, 9.17) is 21.1 Å². The fraction of sp³-hybridized carbons (Fsp3) is 0.0333. The summed E-state index contributed by atoms with van der Waals surface area (Å²) in [6.07, 6.45) is 1.47. The lowest BCUT2D eigenvalue weighted by molar-refractivity contribution is 0.0729. The van der Waals surface area contributed by atoms with Crippen LogP contribution in [0.1, 0.15) is 26.4 Å². The number of ether oxygens (including phenoxy) is 2. The van der Waals surface area contributed by atoms with Crippen molar-refractivity contribution in [1.82, 2.24) is 10.4 Å². The highest BCUT2D eigenvalue weighted by molar-refractivity contribution is 9.10. The van der Waals surface area contributed by atoms with E-state index in [0.29, 0.717) is 33.2 Å². The highest BCUT2D eigenvalue weighted by Crippen LogP contribution is 2.37. The number of aromatic amines is 1. The molecule has 0 bridgehead atoms. The molecule has 2 N–H and O–H groups in total. The molecular weight excluding hydrogens is 582 g/mol. The summed E-state index contributed by atoms with van der Waals surface area (Å²) >= 11 is 10.00. The molecule has 1 heterocycles. The van der Waals surface area contributed by atoms with E-state index in [1.165, 1.54) is 13.3 Å². The van der Waals surface area contributed by atoms with Gasteiger partial charge in [-0.1, -0.05) is 63.9 Å². The molecule has 9 heteroatoms. The largest absolute Gasteiger partial charge is 0.493 e. The zero-order valence-electron chi connectivity index (χ0n) is 20.6. The summed E-state index contributed by atoms with van der Waals surface area (Å²) in [5.41, 5.74) is 6.14. The van der Waals surface area contributed by atoms with Crippen molar-refractivity contribution in [3.8, 4) is 22.6 Å². The molecule has 0 saturated heterocycles. The molecule has 194 valence electrons. The van der Waals surface area contributed by atoms with Gasteiger partial charge in [-0.2, -0.15) is 5.10 Å². The summed E-state index contributed by atoms with van der Waals surface area (Å²) in [6.45, 7) is 0. The number of hydrogen-bond acceptors (Lipinski definition) is 5. The average molecular weight is 603 g/mol. The third-order valence-corrected chi connectivity index (χ3v) is 6.73. The van der Waals surface area contributed by atoms with Gasteiger partial charge in [-0.3, -0.25) is 4.79 Å². The summed E-state index contributed by atoms with van der Waals surface area (Å²) in [7, 11) is 1.47. The molecule has 1 amide bonds. The predicted molar refractivity (Wildman–Crippen MR) is 156 cm³/mol. The SMILES string of the molecule is COc1cc(C=NNC(=O)c2[nH]c3ccc(Br)cc3c2-c2ccccc2Cl)ccc1OC(=O)c1ccccc1. The lowest BCUT2D eigenvalue weighted by atomic mass is 10.0. The second-order valence-corrected chi connectivity index (χ2v) is 9.73. The standard InChI is InChI=1S/C30H21BrClN3O4/c1-38-26-15-18(11-14-25(26)39-30(37)19-7-3-2-4-8-19)17-33-35-29(36)28-27(21-9-5-6-10-23(21)32)22-16-20(31)12-13-24(22)34-28/h2-17,34H,1H3,(H,35,36). The molecule has 0 fully saturated rings. The van der Waals surface area contributed by atoms with Crippen LogP contribution in [0.25, 0.3) is 22.0 Å². The first-order valence-electron chi connectivity index (χ1n) is 11.8. The molecule has 5 aromatic rings. The van der Waals surface area contributed by atoms with Crippen molar-refractivity contribution in [2.45, 2.75) is 0 Å². The summed E-state index contributed by atoms with van der Waals surface area (Å²) in [5, 5.41) is 5.49. The minimum absolute atomic E-state index is 0.265. The van der Waals surface area contributed by atoms with E-state index in [2.05, 4.69) is 31.4 Å². The maximum Gasteiger partial charge on any atom is 0.343 e. The Bertz CT molecular complexity index is 1720. The number of halogens is 2. The van der Waals surface area contributed by atoms with Crippen LogP contribution in [0.2, 0.25) is 5.02 Å². The van der Waals surface area contributed by atoms with E-state index in [9.17, 15) is 9.59 Å². The minimum Gasteiger partial charge on any atom is -0.493 e. The van der Waals surface area contributed by atoms with Gasteiger partial charge in [-0.05, 0) is 60.2 Å². The second-order valence-electron chi connectivity index (χ2n) is 8.41. The van der Waals surface area contributed by atoms with Crippen LogP contribution in [0.3, 0.4) is 0 Å². The molecule has 1 aromatic heterocycles. The van der Waals surface area contributed by atoms with Crippen LogP contribution in [0.15, 0.2) is 101 Å². The number of aromatic nitrogens is 1. The average Bonchev–Trinajstić information content (AvgIpc) is 3.33. The van der Waals surface area contributed by atoms with Gasteiger partial charge < -0.3 is 14.5 Å². The fourth-order valence-electron chi connectivity index (χ4n) is 4.08. The van der Waals surface area contributed by atoms with Gasteiger partial charge in [0.05, 0.1) is 18.9 Å². The number of H-pyrrole nitrogens is 1. The van der Waals surface area contributed by atoms with E-state index < -0.39 is 11.9 Å². The number of hydrazone groups is 1. The fourth-order valence-corrected chi connectivity index (χ4v) is 4.67. The van der Waals surface area contributed by atoms with Crippen molar-refractivity contribution in [1.29, 1.82) is 0 Å². The Hall–Kier alpha value is -4.40. The smallest absolute Gasteiger partial charge is 0.343 e. The number of benzene rings is 4. The Morgan fingerprint density at radius 1 is 0.949 bits per heavy atom. The Labute approximate surface area is 237 Å². The van der Waals surface area contributed by atoms with Crippen molar-refractivity contribution in [3.63, 3.8) is 0 Å². The van der Waals surface area contributed by atoms with Gasteiger partial charge in [0.15, 0.2) is 11.5 Å². The minimum atomic E-state index is -0.498. The third kappa shape index (κ3) is 5.72. The molecule has 0 unspecified atom stereocenters. The number of rotatable bonds is 7. The summed E-state index contributed by atoms with van der Waals surface area (Å²) in [6, 6.07) is 26.7. The Morgan fingerprint density at radius 3 is 2.49 bits per heavy atom. The van der Waals surface area contributed by atoms with E-state index >= 15 is 0 Å². The summed E-state index contributed by atoms with van der Waals surface area (Å²) in [5.74, 6) is -0.325. The number of methoxy groups -OCH3 is 1. The second kappa shape index (κ2) is 11.6. The summed E-state index contributed by atoms with van der Waals surface area (Å²) in [4.78, 5) is 28.8. The van der Waals surface area contributed by atoms with Gasteiger partial charge in [0.25, 0.3) is 5.91 Å². The van der Waals surface area contributed by atoms with Gasteiger partial charge in [-0.15, -0.1) is 0 Å². The number of carbonyl (C=O) groups is 2. The summed E-state index contributed by atoms with van der Waals surface area (Å²) < 4.78 is 11.7. The van der Waals surface area contributed by atoms with Crippen LogP contribution in [0, 0.1) is 0 Å². The van der Waals surface area contributed by atoms with Gasteiger partial charge in [0.2, 0.25) is 0 Å². The molecule has 4 aromatic carbocycles. The van der Waals surface area contributed by atoms with Gasteiger partial charge in [0.1, 0.15) is 5.69 Å². The molecule has 0 saturated carbocycles. The molecular formula is C30H21BrClN3O4. The molecule has 5 rings (SSSR count). The number of amides is 1. The highest BCUT2D eigenvalue weighted by atomic mass is 79.9. The van der Waals surface area contributed by atoms with Gasteiger partial charge in [-0.25, -0.2) is 10.2 Å². The first-order chi connectivity index (χ1) is 18.9. The van der Waals surface area contributed by atoms with Crippen LogP contribution in [0.4, 0.5) is 0 Å². The Balaban J connectivity index is 1.37. The molecule has 7 nitrogen and oxygen atoms in total. The van der Waals surface area contributed by atoms with Crippen LogP contribution in [-0.4, -0.2) is 30.2 Å². The van der Waals surface area contributed by atoms with Crippen LogP contribution < -0.4 is 14.9 Å². The zero-order chi connectivity index (χ0) is 27.4. The zero-order valence-corrected chi connectivity index (χ0v) is 22.9. The lowest BCUT2D eigenvalue weighted by Crippen LogP contribution is -2.19. The quantitative estimate of drug-likeness (QED) is 0.0889. The maximum atomic E-state index is 13.2. The van der Waals surface area contributed by atoms with Crippen molar-refractivity contribution in [2.24, 2.45) is 5.10 Å². The maximum absolute atomic E-state index is 13.2. The van der Waals surface area contributed by atoms with Crippen molar-refractivity contribution in [3.05, 3.63) is 117 Å². The van der Waals surface area contributed by atoms with E-state index in [1.54, 1.807) is 48.5 Å². The molecule has 0 spiro atoms. The Morgan fingerprint density at radius 2 is 1.72 bits per heavy atom. The number of esters is 1. The topological polar surface area (TPSA) is 92.8 Å². The molecule has 0 aliphatic carbocycles. The molecule has 0 atom stereocenters. The first-order valence-corrected chi connectivity index (χ1v) is 13.0. The normalized spacial score (nSPS) is 11.1. The van der Waals surface area contributed by atoms with Crippen LogP contribution in [0.5, 0.6) is 11.5 Å². The molecule has 39 heavy (non-hydrogen) atoms. The third-order valence-electron chi connectivity index (χ3n) is 5.91. The van der Waals surface area contributed by atoms with Crippen LogP contribution in [-0.2, 0) is 0 Å². The predicted octanol–water partition coefficient (Wildman–Crippen LogP) is 7.24. The van der Waals surface area contributed by atoms with E-state index in [-0.39, 0.29) is 5.75 Å². The number of nitrogens with one attached hydrogen (secondary N) is 2. The van der Waals surface area contributed by atoms with Crippen molar-refractivity contribution >= 4 is 56.5 Å². The van der Waals surface area contributed by atoms with Gasteiger partial charge >= 0.3 is 5.97 Å². The van der Waals surface area contributed by atoms with E-state index in [1.807, 2.05) is 42.5 Å².